The summed E-state index contributed by atoms with van der Waals surface area (Å²) < 4.78 is 0. The van der Waals surface area contributed by atoms with Gasteiger partial charge in [-0.1, -0.05) is 11.6 Å². The molecule has 1 amide bonds. The minimum absolute atomic E-state index is 0.00636. The zero-order valence-corrected chi connectivity index (χ0v) is 12.2. The summed E-state index contributed by atoms with van der Waals surface area (Å²) in [6, 6.07) is 1.61. The van der Waals surface area contributed by atoms with Crippen LogP contribution in [0.2, 0.25) is 5.02 Å². The molecular weight excluding hydrogens is 266 g/mol. The van der Waals surface area contributed by atoms with Gasteiger partial charge < -0.3 is 15.3 Å². The molecule has 106 valence electrons. The van der Waals surface area contributed by atoms with Gasteiger partial charge in [0.25, 0.3) is 5.91 Å². The molecule has 0 spiro atoms. The molecule has 0 aliphatic heterocycles. The lowest BCUT2D eigenvalue weighted by molar-refractivity contribution is 0.0665. The van der Waals surface area contributed by atoms with E-state index in [9.17, 15) is 4.79 Å². The second-order valence-electron chi connectivity index (χ2n) is 4.40. The Morgan fingerprint density at radius 3 is 2.74 bits per heavy atom. The van der Waals surface area contributed by atoms with Crippen LogP contribution in [0, 0.1) is 0 Å². The van der Waals surface area contributed by atoms with Crippen molar-refractivity contribution < 1.29 is 9.90 Å². The van der Waals surface area contributed by atoms with Crippen molar-refractivity contribution in [3.8, 4) is 0 Å². The Morgan fingerprint density at radius 1 is 1.58 bits per heavy atom. The number of carbonyl (C=O) groups excluding carboxylic acids is 1. The zero-order chi connectivity index (χ0) is 14.4. The highest BCUT2D eigenvalue weighted by atomic mass is 35.5. The molecule has 1 aromatic heterocycles. The summed E-state index contributed by atoms with van der Waals surface area (Å²) in [4.78, 5) is 18.0. The van der Waals surface area contributed by atoms with Crippen molar-refractivity contribution in [1.82, 2.24) is 9.88 Å². The van der Waals surface area contributed by atoms with Gasteiger partial charge in [-0.3, -0.25) is 4.79 Å². The number of pyridine rings is 1. The number of amides is 1. The Bertz CT molecular complexity index is 438. The molecule has 0 aliphatic rings. The van der Waals surface area contributed by atoms with Crippen LogP contribution in [0.5, 0.6) is 0 Å². The first kappa shape index (κ1) is 15.7. The van der Waals surface area contributed by atoms with Crippen LogP contribution >= 0.6 is 11.6 Å². The molecule has 0 radical (unpaired) electrons. The van der Waals surface area contributed by atoms with E-state index in [2.05, 4.69) is 10.3 Å². The van der Waals surface area contributed by atoms with Gasteiger partial charge in [0.05, 0.1) is 17.2 Å². The van der Waals surface area contributed by atoms with Crippen molar-refractivity contribution in [2.75, 3.05) is 25.0 Å². The second-order valence-corrected chi connectivity index (χ2v) is 4.81. The summed E-state index contributed by atoms with van der Waals surface area (Å²) >= 11 is 6.07. The smallest absolute Gasteiger partial charge is 0.255 e. The van der Waals surface area contributed by atoms with Gasteiger partial charge in [0.1, 0.15) is 5.82 Å². The van der Waals surface area contributed by atoms with Crippen LogP contribution in [0.15, 0.2) is 12.3 Å². The molecule has 2 N–H and O–H groups in total. The minimum Gasteiger partial charge on any atom is -0.395 e. The lowest BCUT2D eigenvalue weighted by Gasteiger charge is -2.26. The van der Waals surface area contributed by atoms with Crippen molar-refractivity contribution in [1.29, 1.82) is 0 Å². The Labute approximate surface area is 118 Å². The van der Waals surface area contributed by atoms with Gasteiger partial charge in [-0.2, -0.15) is 0 Å². The molecule has 6 heteroatoms. The predicted molar refractivity (Wildman–Crippen MR) is 76.7 cm³/mol. The third kappa shape index (κ3) is 4.08. The highest BCUT2D eigenvalue weighted by Gasteiger charge is 2.19. The number of nitrogens with zero attached hydrogens (tertiary/aromatic N) is 2. The molecule has 0 bridgehead atoms. The molecule has 0 aromatic carbocycles. The highest BCUT2D eigenvalue weighted by Crippen LogP contribution is 2.21. The van der Waals surface area contributed by atoms with E-state index in [0.29, 0.717) is 29.5 Å². The highest BCUT2D eigenvalue weighted by molar-refractivity contribution is 6.33. The van der Waals surface area contributed by atoms with E-state index in [1.54, 1.807) is 11.0 Å². The zero-order valence-electron chi connectivity index (χ0n) is 11.5. The van der Waals surface area contributed by atoms with Crippen molar-refractivity contribution in [3.63, 3.8) is 0 Å². The van der Waals surface area contributed by atoms with Crippen molar-refractivity contribution in [2.24, 2.45) is 0 Å². The van der Waals surface area contributed by atoms with Gasteiger partial charge in [-0.05, 0) is 26.8 Å². The Hall–Kier alpha value is -1.33. The average Bonchev–Trinajstić information content (AvgIpc) is 2.37. The first-order valence-corrected chi connectivity index (χ1v) is 6.70. The molecule has 0 saturated heterocycles. The predicted octanol–water partition coefficient (Wildman–Crippen LogP) is 2.01. The first-order valence-electron chi connectivity index (χ1n) is 6.32. The van der Waals surface area contributed by atoms with Crippen molar-refractivity contribution in [3.05, 3.63) is 22.8 Å². The van der Waals surface area contributed by atoms with E-state index < -0.39 is 0 Å². The molecule has 0 unspecified atom stereocenters. The Balaban J connectivity index is 2.95. The maximum absolute atomic E-state index is 12.3. The Morgan fingerprint density at radius 2 is 2.26 bits per heavy atom. The number of aliphatic hydroxyl groups excluding tert-OH is 1. The standard InChI is InChI=1S/C13H20ClN3O2/c1-4-15-12-11(14)7-10(8-16-12)13(19)17(5-6-18)9(2)3/h7-9,18H,4-6H2,1-3H3,(H,15,16). The number of halogens is 1. The number of aromatic nitrogens is 1. The number of hydrogen-bond donors (Lipinski definition) is 2. The van der Waals surface area contributed by atoms with Crippen molar-refractivity contribution in [2.45, 2.75) is 26.8 Å². The van der Waals surface area contributed by atoms with Gasteiger partial charge in [0.2, 0.25) is 0 Å². The number of nitrogens with one attached hydrogen (secondary N) is 1. The van der Waals surface area contributed by atoms with Crippen molar-refractivity contribution >= 4 is 23.3 Å². The first-order chi connectivity index (χ1) is 9.01. The minimum atomic E-state index is -0.179. The number of carbonyl (C=O) groups is 1. The summed E-state index contributed by atoms with van der Waals surface area (Å²) in [6.45, 7) is 6.68. The van der Waals surface area contributed by atoms with Gasteiger partial charge >= 0.3 is 0 Å². The molecule has 1 heterocycles. The summed E-state index contributed by atoms with van der Waals surface area (Å²) in [7, 11) is 0. The van der Waals surface area contributed by atoms with Crippen LogP contribution in [0.4, 0.5) is 5.82 Å². The second kappa shape index (κ2) is 7.31. The third-order valence-electron chi connectivity index (χ3n) is 2.66. The van der Waals surface area contributed by atoms with E-state index in [4.69, 9.17) is 16.7 Å². The van der Waals surface area contributed by atoms with Gasteiger partial charge in [0, 0.05) is 25.3 Å². The molecule has 0 fully saturated rings. The van der Waals surface area contributed by atoms with Gasteiger partial charge in [-0.15, -0.1) is 0 Å². The molecule has 19 heavy (non-hydrogen) atoms. The van der Waals surface area contributed by atoms with Crippen LogP contribution in [0.1, 0.15) is 31.1 Å². The van der Waals surface area contributed by atoms with Crippen LogP contribution in [0.3, 0.4) is 0 Å². The quantitative estimate of drug-likeness (QED) is 0.839. The van der Waals surface area contributed by atoms with E-state index >= 15 is 0 Å². The fourth-order valence-corrected chi connectivity index (χ4v) is 1.95. The van der Waals surface area contributed by atoms with Crippen LogP contribution in [-0.4, -0.2) is 46.6 Å². The lowest BCUT2D eigenvalue weighted by Crippen LogP contribution is -2.39. The average molecular weight is 286 g/mol. The Kier molecular flexibility index (Phi) is 6.05. The number of aliphatic hydroxyl groups is 1. The molecule has 0 atom stereocenters. The van der Waals surface area contributed by atoms with E-state index in [-0.39, 0.29) is 18.6 Å². The lowest BCUT2D eigenvalue weighted by atomic mass is 10.2. The fourth-order valence-electron chi connectivity index (χ4n) is 1.72. The van der Waals surface area contributed by atoms with E-state index in [1.807, 2.05) is 20.8 Å². The summed E-state index contributed by atoms with van der Waals surface area (Å²) in [5, 5.41) is 12.4. The summed E-state index contributed by atoms with van der Waals surface area (Å²) in [5.41, 5.74) is 0.425. The molecule has 1 aromatic rings. The maximum atomic E-state index is 12.3. The van der Waals surface area contributed by atoms with E-state index in [0.717, 1.165) is 0 Å². The molecular formula is C13H20ClN3O2. The molecule has 0 aliphatic carbocycles. The van der Waals surface area contributed by atoms with E-state index in [1.165, 1.54) is 6.20 Å². The summed E-state index contributed by atoms with van der Waals surface area (Å²) in [5.74, 6) is 0.389. The molecule has 1 rings (SSSR count). The molecule has 0 saturated carbocycles. The largest absolute Gasteiger partial charge is 0.395 e. The number of anilines is 1. The monoisotopic (exact) mass is 285 g/mol. The number of rotatable bonds is 6. The fraction of sp³-hybridized carbons (Fsp3) is 0.538. The van der Waals surface area contributed by atoms with Crippen LogP contribution < -0.4 is 5.32 Å². The molecule has 5 nitrogen and oxygen atoms in total. The maximum Gasteiger partial charge on any atom is 0.255 e. The van der Waals surface area contributed by atoms with Crippen LogP contribution in [-0.2, 0) is 0 Å². The topological polar surface area (TPSA) is 65.5 Å². The normalized spacial score (nSPS) is 10.6. The SMILES string of the molecule is CCNc1ncc(C(=O)N(CCO)C(C)C)cc1Cl. The van der Waals surface area contributed by atoms with Gasteiger partial charge in [-0.25, -0.2) is 4.98 Å². The van der Waals surface area contributed by atoms with Gasteiger partial charge in [0.15, 0.2) is 0 Å². The summed E-state index contributed by atoms with van der Waals surface area (Å²) in [6.07, 6.45) is 1.50. The number of hydrogen-bond acceptors (Lipinski definition) is 4. The van der Waals surface area contributed by atoms with Crippen LogP contribution in [0.25, 0.3) is 0 Å². The third-order valence-corrected chi connectivity index (χ3v) is 2.95.